The second-order valence-electron chi connectivity index (χ2n) is 8.12. The number of non-ortho nitro benzene ring substituents is 1. The Balaban J connectivity index is 2.09. The van der Waals surface area contributed by atoms with Gasteiger partial charge in [0.1, 0.15) is 12.3 Å². The summed E-state index contributed by atoms with van der Waals surface area (Å²) in [5.41, 5.74) is 3.98. The summed E-state index contributed by atoms with van der Waals surface area (Å²) >= 11 is 3.63. The smallest absolute Gasteiger partial charge is 0.270 e. The fourth-order valence-corrected chi connectivity index (χ4v) is 4.75. The number of aryl methyl sites for hydroxylation is 1. The van der Waals surface area contributed by atoms with Crippen molar-refractivity contribution < 1.29 is 24.0 Å². The third-order valence-electron chi connectivity index (χ3n) is 6.20. The van der Waals surface area contributed by atoms with Gasteiger partial charge in [-0.25, -0.2) is 0 Å². The molecule has 2 aromatic rings. The Hall–Kier alpha value is -3.11. The number of likely N-dealkylation sites (N-methyl/N-ethyl adjacent to an activating group) is 1. The first-order valence-corrected chi connectivity index (χ1v) is 12.6. The molecule has 0 saturated heterocycles. The Morgan fingerprint density at radius 3 is 2.42 bits per heavy atom. The molecule has 0 heterocycles. The van der Waals surface area contributed by atoms with Gasteiger partial charge in [-0.15, -0.1) is 0 Å². The molecule has 2 aromatic carbocycles. The van der Waals surface area contributed by atoms with Crippen LogP contribution in [0.4, 0.5) is 5.69 Å². The van der Waals surface area contributed by atoms with Crippen molar-refractivity contribution in [2.24, 2.45) is 5.16 Å². The van der Waals surface area contributed by atoms with Gasteiger partial charge in [0.05, 0.1) is 30.7 Å². The Morgan fingerprint density at radius 2 is 1.81 bits per heavy atom. The zero-order valence-corrected chi connectivity index (χ0v) is 22.9. The maximum atomic E-state index is 11.5. The van der Waals surface area contributed by atoms with Crippen LogP contribution in [0.25, 0.3) is 6.08 Å². The summed E-state index contributed by atoms with van der Waals surface area (Å²) in [4.78, 5) is 19.1. The summed E-state index contributed by atoms with van der Waals surface area (Å²) in [6.45, 7) is 7.20. The van der Waals surface area contributed by atoms with Crippen molar-refractivity contribution >= 4 is 33.4 Å². The number of allylic oxidation sites excluding steroid dienone is 1. The lowest BCUT2D eigenvalue weighted by atomic mass is 9.85. The van der Waals surface area contributed by atoms with E-state index in [1.165, 1.54) is 6.07 Å². The Kier molecular flexibility index (Phi) is 9.72. The molecule has 194 valence electrons. The minimum atomic E-state index is -0.396. The lowest BCUT2D eigenvalue weighted by Crippen LogP contribution is -2.26. The molecule has 0 unspecified atom stereocenters. The average Bonchev–Trinajstić information content (AvgIpc) is 2.89. The summed E-state index contributed by atoms with van der Waals surface area (Å²) in [5.74, 6) is 1.50. The second kappa shape index (κ2) is 12.7. The molecule has 9 nitrogen and oxygen atoms in total. The van der Waals surface area contributed by atoms with E-state index >= 15 is 0 Å². The molecule has 0 spiro atoms. The number of oxime groups is 1. The number of halogens is 1. The number of rotatable bonds is 11. The van der Waals surface area contributed by atoms with E-state index in [-0.39, 0.29) is 5.69 Å². The summed E-state index contributed by atoms with van der Waals surface area (Å²) in [7, 11) is 4.68. The van der Waals surface area contributed by atoms with Crippen molar-refractivity contribution in [3.05, 3.63) is 61.1 Å². The average molecular weight is 562 g/mol. The molecule has 1 aliphatic carbocycles. The van der Waals surface area contributed by atoms with Gasteiger partial charge in [-0.3, -0.25) is 10.1 Å². The fraction of sp³-hybridized carbons (Fsp3) is 0.423. The predicted molar refractivity (Wildman–Crippen MR) is 143 cm³/mol. The minimum absolute atomic E-state index is 0.0137. The van der Waals surface area contributed by atoms with Gasteiger partial charge in [-0.2, -0.15) is 0 Å². The predicted octanol–water partition coefficient (Wildman–Crippen LogP) is 5.48. The maximum absolute atomic E-state index is 11.5. The molecular weight excluding hydrogens is 530 g/mol. The first-order chi connectivity index (χ1) is 17.4. The summed E-state index contributed by atoms with van der Waals surface area (Å²) in [5, 5.41) is 16.0. The Morgan fingerprint density at radius 1 is 1.08 bits per heavy atom. The van der Waals surface area contributed by atoms with Crippen molar-refractivity contribution in [1.29, 1.82) is 0 Å². The summed E-state index contributed by atoms with van der Waals surface area (Å²) in [6.07, 6.45) is 3.38. The van der Waals surface area contributed by atoms with Gasteiger partial charge in [0.25, 0.3) is 5.69 Å². The van der Waals surface area contributed by atoms with E-state index in [0.29, 0.717) is 46.0 Å². The van der Waals surface area contributed by atoms with Crippen LogP contribution in [0.3, 0.4) is 0 Å². The molecule has 0 amide bonds. The van der Waals surface area contributed by atoms with Crippen LogP contribution < -0.4 is 14.2 Å². The van der Waals surface area contributed by atoms with Crippen LogP contribution in [-0.4, -0.2) is 63.1 Å². The largest absolute Gasteiger partial charge is 0.493 e. The molecule has 0 N–H and O–H groups in total. The lowest BCUT2D eigenvalue weighted by molar-refractivity contribution is -0.384. The van der Waals surface area contributed by atoms with Crippen LogP contribution in [-0.2, 0) is 11.3 Å². The highest BCUT2D eigenvalue weighted by atomic mass is 79.9. The molecule has 0 aliphatic heterocycles. The third kappa shape index (κ3) is 5.99. The zero-order chi connectivity index (χ0) is 26.2. The van der Waals surface area contributed by atoms with Crippen LogP contribution in [0.1, 0.15) is 37.0 Å². The second-order valence-corrected chi connectivity index (χ2v) is 8.91. The molecule has 10 heteroatoms. The number of hydrogen-bond donors (Lipinski definition) is 0. The molecule has 1 aliphatic rings. The molecule has 0 aromatic heterocycles. The number of fused-ring (bicyclic) bond motifs is 1. The topological polar surface area (TPSA) is 95.7 Å². The highest BCUT2D eigenvalue weighted by Crippen LogP contribution is 2.45. The van der Waals surface area contributed by atoms with E-state index < -0.39 is 4.92 Å². The first-order valence-electron chi connectivity index (χ1n) is 11.8. The van der Waals surface area contributed by atoms with Gasteiger partial charge in [0.15, 0.2) is 11.5 Å². The number of nitro groups is 1. The Bertz CT molecular complexity index is 1160. The van der Waals surface area contributed by atoms with Gasteiger partial charge in [0.2, 0.25) is 5.75 Å². The highest BCUT2D eigenvalue weighted by Gasteiger charge is 2.25. The molecular formula is C26H32BrN3O6. The molecule has 0 saturated carbocycles. The third-order valence-corrected chi connectivity index (χ3v) is 7.02. The van der Waals surface area contributed by atoms with Crippen LogP contribution >= 0.6 is 15.9 Å². The normalized spacial score (nSPS) is 15.2. The summed E-state index contributed by atoms with van der Waals surface area (Å²) < 4.78 is 17.3. The van der Waals surface area contributed by atoms with Crippen LogP contribution in [0.5, 0.6) is 17.2 Å². The van der Waals surface area contributed by atoms with E-state index in [4.69, 9.17) is 19.0 Å². The SMILES string of the molecule is CCN(CC)CCO/N=C1/C(=C/c2cc(OC)c(OC)c(OC)c2Br)CCc2ccc([N+](=O)[O-])cc21. The number of ether oxygens (including phenoxy) is 3. The molecule has 0 bridgehead atoms. The summed E-state index contributed by atoms with van der Waals surface area (Å²) in [6, 6.07) is 6.74. The van der Waals surface area contributed by atoms with Gasteiger partial charge in [-0.05, 0) is 70.7 Å². The minimum Gasteiger partial charge on any atom is -0.493 e. The van der Waals surface area contributed by atoms with Crippen molar-refractivity contribution in [3.63, 3.8) is 0 Å². The van der Waals surface area contributed by atoms with E-state index in [1.54, 1.807) is 33.5 Å². The van der Waals surface area contributed by atoms with E-state index in [2.05, 4.69) is 39.8 Å². The highest BCUT2D eigenvalue weighted by molar-refractivity contribution is 9.10. The van der Waals surface area contributed by atoms with Crippen LogP contribution in [0.15, 0.2) is 39.5 Å². The standard InChI is InChI=1S/C26H32BrN3O6/c1-6-29(7-2)12-13-36-28-24-18(9-8-17-10-11-20(30(31)32)16-21(17)24)14-19-15-22(33-3)25(34-4)26(35-5)23(19)27/h10-11,14-16H,6-9,12-13H2,1-5H3/b18-14+,28-24-. The van der Waals surface area contributed by atoms with Crippen LogP contribution in [0.2, 0.25) is 0 Å². The van der Waals surface area contributed by atoms with Gasteiger partial charge >= 0.3 is 0 Å². The molecule has 0 radical (unpaired) electrons. The lowest BCUT2D eigenvalue weighted by Gasteiger charge is -2.22. The van der Waals surface area contributed by atoms with Crippen molar-refractivity contribution in [1.82, 2.24) is 4.90 Å². The molecule has 0 fully saturated rings. The van der Waals surface area contributed by atoms with Gasteiger partial charge < -0.3 is 23.9 Å². The number of methoxy groups -OCH3 is 3. The number of hydrogen-bond acceptors (Lipinski definition) is 8. The zero-order valence-electron chi connectivity index (χ0n) is 21.3. The van der Waals surface area contributed by atoms with E-state index in [9.17, 15) is 10.1 Å². The number of benzene rings is 2. The molecule has 36 heavy (non-hydrogen) atoms. The quantitative estimate of drug-likeness (QED) is 0.204. The van der Waals surface area contributed by atoms with Gasteiger partial charge in [-0.1, -0.05) is 25.1 Å². The van der Waals surface area contributed by atoms with E-state index in [1.807, 2.05) is 12.1 Å². The maximum Gasteiger partial charge on any atom is 0.270 e. The van der Waals surface area contributed by atoms with Gasteiger partial charge in [0, 0.05) is 24.2 Å². The monoisotopic (exact) mass is 561 g/mol. The number of nitro benzene ring substituents is 1. The Labute approximate surface area is 219 Å². The first kappa shape index (κ1) is 27.5. The van der Waals surface area contributed by atoms with E-state index in [0.717, 1.165) is 42.8 Å². The number of nitrogens with zero attached hydrogens (tertiary/aromatic N) is 3. The molecule has 3 rings (SSSR count). The molecule has 0 atom stereocenters. The van der Waals surface area contributed by atoms with Crippen molar-refractivity contribution in [2.45, 2.75) is 26.7 Å². The van der Waals surface area contributed by atoms with Crippen molar-refractivity contribution in [3.8, 4) is 17.2 Å². The van der Waals surface area contributed by atoms with Crippen molar-refractivity contribution in [2.75, 3.05) is 47.6 Å². The fourth-order valence-electron chi connectivity index (χ4n) is 4.18. The van der Waals surface area contributed by atoms with Crippen LogP contribution in [0, 0.1) is 10.1 Å².